The maximum Gasteiger partial charge on any atom is 0.231 e. The van der Waals surface area contributed by atoms with Crippen LogP contribution in [0.15, 0.2) is 54.6 Å². The lowest BCUT2D eigenvalue weighted by atomic mass is 9.92. The second kappa shape index (κ2) is 16.0. The Morgan fingerprint density at radius 3 is 1.58 bits per heavy atom. The van der Waals surface area contributed by atoms with Crippen LogP contribution in [0.3, 0.4) is 0 Å². The molecule has 2 rings (SSSR count). The van der Waals surface area contributed by atoms with Gasteiger partial charge in [0.15, 0.2) is 0 Å². The van der Waals surface area contributed by atoms with Crippen LogP contribution in [-0.2, 0) is 14.4 Å². The molecule has 2 aromatic carbocycles. The van der Waals surface area contributed by atoms with Gasteiger partial charge in [-0.2, -0.15) is 0 Å². The Balaban J connectivity index is 0. The molecule has 0 bridgehead atoms. The molecule has 6 nitrogen and oxygen atoms in total. The van der Waals surface area contributed by atoms with Gasteiger partial charge in [-0.25, -0.2) is 30.6 Å². The molecule has 0 saturated heterocycles. The van der Waals surface area contributed by atoms with E-state index in [1.54, 1.807) is 0 Å². The van der Waals surface area contributed by atoms with Gasteiger partial charge in [-0.15, -0.1) is 0 Å². The largest absolute Gasteiger partial charge is 0.231 e. The van der Waals surface area contributed by atoms with Gasteiger partial charge in [-0.1, -0.05) is 67.1 Å². The molecule has 0 radical (unpaired) electrons. The highest BCUT2D eigenvalue weighted by Gasteiger charge is 2.06. The predicted octanol–water partition coefficient (Wildman–Crippen LogP) is 3.85. The molecule has 124 valence electrons. The zero-order chi connectivity index (χ0) is 18.8. The van der Waals surface area contributed by atoms with E-state index in [4.69, 9.17) is 30.6 Å². The van der Waals surface area contributed by atoms with Gasteiger partial charge in [0.25, 0.3) is 0 Å². The van der Waals surface area contributed by atoms with Crippen molar-refractivity contribution < 1.29 is 14.4 Å². The molecule has 0 spiro atoms. The van der Waals surface area contributed by atoms with Crippen molar-refractivity contribution in [2.75, 3.05) is 0 Å². The molecule has 1 unspecified atom stereocenters. The van der Waals surface area contributed by atoms with Crippen LogP contribution in [0.1, 0.15) is 29.5 Å². The second-order valence-corrected chi connectivity index (χ2v) is 4.35. The number of aryl methyl sites for hydroxylation is 1. The summed E-state index contributed by atoms with van der Waals surface area (Å²) in [6, 6.07) is 19.4. The summed E-state index contributed by atoms with van der Waals surface area (Å²) in [6.45, 7) is 4.39. The highest BCUT2D eigenvalue weighted by atomic mass is 16.1. The van der Waals surface area contributed by atoms with E-state index < -0.39 is 0 Å². The van der Waals surface area contributed by atoms with Gasteiger partial charge in [0.1, 0.15) is 0 Å². The summed E-state index contributed by atoms with van der Waals surface area (Å²) in [5, 5.41) is 16.2. The molecule has 0 aliphatic heterocycles. The zero-order valence-corrected chi connectivity index (χ0v) is 13.5. The van der Waals surface area contributed by atoms with Crippen molar-refractivity contribution in [3.05, 3.63) is 71.3 Å². The number of hydrogen-bond acceptors (Lipinski definition) is 6. The molecule has 0 fully saturated rings. The number of isocyanates is 3. The number of hydrogen-bond donors (Lipinski definition) is 3. The van der Waals surface area contributed by atoms with Crippen molar-refractivity contribution in [2.24, 2.45) is 0 Å². The van der Waals surface area contributed by atoms with Crippen molar-refractivity contribution in [2.45, 2.75) is 19.8 Å². The molecule has 6 heteroatoms. The van der Waals surface area contributed by atoms with Crippen molar-refractivity contribution in [1.82, 2.24) is 0 Å². The van der Waals surface area contributed by atoms with Crippen LogP contribution in [0, 0.1) is 23.2 Å². The number of nitrogens with one attached hydrogen (secondary N) is 3. The molecule has 24 heavy (non-hydrogen) atoms. The maximum absolute atomic E-state index is 8.35. The summed E-state index contributed by atoms with van der Waals surface area (Å²) in [7, 11) is 0. The Labute approximate surface area is 140 Å². The van der Waals surface area contributed by atoms with E-state index in [2.05, 4.69) is 68.4 Å². The van der Waals surface area contributed by atoms with Crippen LogP contribution < -0.4 is 0 Å². The van der Waals surface area contributed by atoms with Crippen LogP contribution in [0.25, 0.3) is 0 Å². The van der Waals surface area contributed by atoms with Gasteiger partial charge < -0.3 is 0 Å². The van der Waals surface area contributed by atoms with E-state index in [9.17, 15) is 0 Å². The second-order valence-electron chi connectivity index (χ2n) is 4.35. The normalized spacial score (nSPS) is 8.75. The van der Waals surface area contributed by atoms with Gasteiger partial charge in [0.2, 0.25) is 18.2 Å². The number of benzene rings is 2. The Kier molecular flexibility index (Phi) is 15.2. The molecule has 1 atom stereocenters. The molecular weight excluding hydrogens is 306 g/mol. The Hall–Kier alpha value is -3.42. The molecule has 0 aromatic heterocycles. The van der Waals surface area contributed by atoms with E-state index in [1.807, 2.05) is 0 Å². The highest BCUT2D eigenvalue weighted by Crippen LogP contribution is 2.24. The Morgan fingerprint density at radius 2 is 1.17 bits per heavy atom. The maximum atomic E-state index is 8.35. The fraction of sp³-hybridized carbons (Fsp3) is 0.167. The third kappa shape index (κ3) is 11.3. The summed E-state index contributed by atoms with van der Waals surface area (Å²) >= 11 is 0. The number of rotatable bonds is 2. The van der Waals surface area contributed by atoms with E-state index in [0.717, 1.165) is 18.2 Å². The summed E-state index contributed by atoms with van der Waals surface area (Å²) in [4.78, 5) is 25.0. The Morgan fingerprint density at radius 1 is 0.750 bits per heavy atom. The smallest absolute Gasteiger partial charge is 0.222 e. The van der Waals surface area contributed by atoms with E-state index in [1.165, 1.54) is 16.7 Å². The average Bonchev–Trinajstić information content (AvgIpc) is 2.57. The topological polar surface area (TPSA) is 123 Å². The summed E-state index contributed by atoms with van der Waals surface area (Å²) in [5.74, 6) is 0.478. The first-order valence-electron chi connectivity index (χ1n) is 6.75. The molecule has 0 saturated carbocycles. The minimum Gasteiger partial charge on any atom is -0.222 e. The van der Waals surface area contributed by atoms with Crippen molar-refractivity contribution >= 4 is 18.2 Å². The van der Waals surface area contributed by atoms with E-state index >= 15 is 0 Å². The van der Waals surface area contributed by atoms with Crippen LogP contribution >= 0.6 is 0 Å². The lowest BCUT2D eigenvalue weighted by molar-refractivity contribution is 0.562. The monoisotopic (exact) mass is 325 g/mol. The van der Waals surface area contributed by atoms with Crippen molar-refractivity contribution in [3.63, 3.8) is 0 Å². The van der Waals surface area contributed by atoms with Crippen LogP contribution in [0.4, 0.5) is 0 Å². The fourth-order valence-corrected chi connectivity index (χ4v) is 1.87. The zero-order valence-electron chi connectivity index (χ0n) is 13.5. The standard InChI is InChI=1S/C15H16.3CHNO/c1-12-7-6-10-15(11-12)13(2)14-8-4-3-5-9-14;3*2-1-3/h3-11,13H,1-2H3;3*2H. The SMILES string of the molecule is Cc1cccc(C(C)c2ccccc2)c1.N=C=O.N=C=O.N=C=O. The number of carbonyl (C=O) groups excluding carboxylic acids is 3. The van der Waals surface area contributed by atoms with Crippen molar-refractivity contribution in [3.8, 4) is 0 Å². The quantitative estimate of drug-likeness (QED) is 0.574. The van der Waals surface area contributed by atoms with E-state index in [0.29, 0.717) is 5.92 Å². The third-order valence-electron chi connectivity index (χ3n) is 2.84. The lowest BCUT2D eigenvalue weighted by Crippen LogP contribution is -1.95. The van der Waals surface area contributed by atoms with Crippen molar-refractivity contribution in [1.29, 1.82) is 16.2 Å². The Bertz CT molecular complexity index is 653. The lowest BCUT2D eigenvalue weighted by Gasteiger charge is -2.12. The first-order valence-corrected chi connectivity index (χ1v) is 6.75. The van der Waals surface area contributed by atoms with Gasteiger partial charge in [0, 0.05) is 5.92 Å². The molecule has 2 aromatic rings. The average molecular weight is 325 g/mol. The first kappa shape index (κ1) is 22.9. The summed E-state index contributed by atoms with van der Waals surface area (Å²) in [6.07, 6.45) is 2.25. The molecule has 0 amide bonds. The van der Waals surface area contributed by atoms with Gasteiger partial charge in [-0.05, 0) is 18.1 Å². The van der Waals surface area contributed by atoms with Crippen LogP contribution in [0.2, 0.25) is 0 Å². The first-order chi connectivity index (χ1) is 11.5. The van der Waals surface area contributed by atoms with Gasteiger partial charge >= 0.3 is 0 Å². The third-order valence-corrected chi connectivity index (χ3v) is 2.84. The van der Waals surface area contributed by atoms with Crippen LogP contribution in [0.5, 0.6) is 0 Å². The summed E-state index contributed by atoms with van der Waals surface area (Å²) < 4.78 is 0. The molecule has 0 aliphatic rings. The minimum atomic E-state index is 0.478. The van der Waals surface area contributed by atoms with E-state index in [-0.39, 0.29) is 0 Å². The molecular formula is C18H19N3O3. The van der Waals surface area contributed by atoms with Gasteiger partial charge in [-0.3, -0.25) is 0 Å². The predicted molar refractivity (Wildman–Crippen MR) is 90.4 cm³/mol. The molecule has 3 N–H and O–H groups in total. The van der Waals surface area contributed by atoms with Gasteiger partial charge in [0.05, 0.1) is 0 Å². The summed E-state index contributed by atoms with van der Waals surface area (Å²) in [5.41, 5.74) is 4.10. The fourth-order valence-electron chi connectivity index (χ4n) is 1.87. The molecule has 0 aliphatic carbocycles. The highest BCUT2D eigenvalue weighted by molar-refractivity contribution is 5.33. The minimum absolute atomic E-state index is 0.478. The van der Waals surface area contributed by atoms with Crippen LogP contribution in [-0.4, -0.2) is 18.2 Å². The molecule has 0 heterocycles.